The molecule has 0 heterocycles. The molecule has 0 saturated heterocycles. The van der Waals surface area contributed by atoms with Crippen molar-refractivity contribution in [2.75, 3.05) is 11.9 Å². The molecule has 0 bridgehead atoms. The lowest BCUT2D eigenvalue weighted by molar-refractivity contribution is 0.593. The summed E-state index contributed by atoms with van der Waals surface area (Å²) in [4.78, 5) is -0.245. The molecule has 0 fully saturated rings. The Hall–Kier alpha value is -1.40. The van der Waals surface area contributed by atoms with Crippen LogP contribution in [0.2, 0.25) is 0 Å². The monoisotopic (exact) mass is 244 g/mol. The molecule has 88 valence electrons. The van der Waals surface area contributed by atoms with Crippen LogP contribution in [0.3, 0.4) is 0 Å². The van der Waals surface area contributed by atoms with E-state index in [1.165, 1.54) is 12.1 Å². The van der Waals surface area contributed by atoms with Gasteiger partial charge in [-0.2, -0.15) is 0 Å². The summed E-state index contributed by atoms with van der Waals surface area (Å²) in [6.07, 6.45) is 0. The predicted molar refractivity (Wildman–Crippen MR) is 61.1 cm³/mol. The summed E-state index contributed by atoms with van der Waals surface area (Å²) in [6, 6.07) is 3.47. The van der Waals surface area contributed by atoms with E-state index in [1.807, 2.05) is 0 Å². The molecule has 0 spiro atoms. The SMILES string of the molecule is C=C(C)CNc1ccc(S(N)(=O)=O)cc1F. The first-order chi connectivity index (χ1) is 7.30. The molecule has 0 aliphatic heterocycles. The Bertz CT molecular complexity index is 512. The first-order valence-corrected chi connectivity index (χ1v) is 6.06. The summed E-state index contributed by atoms with van der Waals surface area (Å²) in [5.74, 6) is -0.659. The van der Waals surface area contributed by atoms with Crippen molar-refractivity contribution in [2.24, 2.45) is 5.14 Å². The lowest BCUT2D eigenvalue weighted by atomic mass is 10.3. The molecule has 1 aromatic carbocycles. The second-order valence-corrected chi connectivity index (χ2v) is 5.06. The fourth-order valence-corrected chi connectivity index (χ4v) is 1.59. The summed E-state index contributed by atoms with van der Waals surface area (Å²) in [5.41, 5.74) is 1.06. The number of hydrogen-bond donors (Lipinski definition) is 2. The van der Waals surface area contributed by atoms with Gasteiger partial charge < -0.3 is 5.32 Å². The van der Waals surface area contributed by atoms with Crippen LogP contribution in [-0.4, -0.2) is 15.0 Å². The average molecular weight is 244 g/mol. The van der Waals surface area contributed by atoms with Gasteiger partial charge in [-0.25, -0.2) is 17.9 Å². The molecule has 1 aromatic rings. The van der Waals surface area contributed by atoms with Crippen LogP contribution in [0.5, 0.6) is 0 Å². The second-order valence-electron chi connectivity index (χ2n) is 3.50. The van der Waals surface area contributed by atoms with Crippen molar-refractivity contribution in [3.05, 3.63) is 36.2 Å². The van der Waals surface area contributed by atoms with Crippen molar-refractivity contribution in [1.82, 2.24) is 0 Å². The number of nitrogens with two attached hydrogens (primary N) is 1. The Kier molecular flexibility index (Phi) is 3.66. The van der Waals surface area contributed by atoms with Gasteiger partial charge in [0.25, 0.3) is 0 Å². The molecule has 6 heteroatoms. The minimum Gasteiger partial charge on any atom is -0.379 e. The zero-order chi connectivity index (χ0) is 12.3. The van der Waals surface area contributed by atoms with Gasteiger partial charge in [-0.15, -0.1) is 0 Å². The smallest absolute Gasteiger partial charge is 0.238 e. The fourth-order valence-electron chi connectivity index (χ4n) is 1.06. The Morgan fingerprint density at radius 1 is 1.56 bits per heavy atom. The van der Waals surface area contributed by atoms with Gasteiger partial charge in [0.2, 0.25) is 10.0 Å². The number of hydrogen-bond acceptors (Lipinski definition) is 3. The van der Waals surface area contributed by atoms with Crippen molar-refractivity contribution in [2.45, 2.75) is 11.8 Å². The number of halogens is 1. The van der Waals surface area contributed by atoms with E-state index in [9.17, 15) is 12.8 Å². The molecule has 0 amide bonds. The van der Waals surface area contributed by atoms with E-state index in [1.54, 1.807) is 6.92 Å². The third kappa shape index (κ3) is 3.32. The first-order valence-electron chi connectivity index (χ1n) is 4.51. The maximum atomic E-state index is 13.4. The van der Waals surface area contributed by atoms with Gasteiger partial charge in [0.15, 0.2) is 0 Å². The van der Waals surface area contributed by atoms with Gasteiger partial charge >= 0.3 is 0 Å². The minimum absolute atomic E-state index is 0.218. The van der Waals surface area contributed by atoms with E-state index < -0.39 is 15.8 Å². The summed E-state index contributed by atoms with van der Waals surface area (Å²) in [6.45, 7) is 5.87. The highest BCUT2D eigenvalue weighted by Gasteiger charge is 2.11. The van der Waals surface area contributed by atoms with Crippen molar-refractivity contribution < 1.29 is 12.8 Å². The summed E-state index contributed by atoms with van der Waals surface area (Å²) in [7, 11) is -3.86. The van der Waals surface area contributed by atoms with E-state index in [-0.39, 0.29) is 10.6 Å². The number of anilines is 1. The van der Waals surface area contributed by atoms with Gasteiger partial charge in [0.1, 0.15) is 5.82 Å². The van der Waals surface area contributed by atoms with E-state index in [2.05, 4.69) is 11.9 Å². The van der Waals surface area contributed by atoms with E-state index in [0.29, 0.717) is 6.54 Å². The van der Waals surface area contributed by atoms with E-state index in [4.69, 9.17) is 5.14 Å². The van der Waals surface area contributed by atoms with Crippen LogP contribution in [-0.2, 0) is 10.0 Å². The van der Waals surface area contributed by atoms with Gasteiger partial charge in [-0.1, -0.05) is 12.2 Å². The van der Waals surface area contributed by atoms with Crippen LogP contribution < -0.4 is 10.5 Å². The highest BCUT2D eigenvalue weighted by atomic mass is 32.2. The molecule has 4 nitrogen and oxygen atoms in total. The van der Waals surface area contributed by atoms with Crippen LogP contribution in [0.15, 0.2) is 35.2 Å². The number of benzene rings is 1. The Balaban J connectivity index is 2.96. The summed E-state index contributed by atoms with van der Waals surface area (Å²) in [5, 5.41) is 7.65. The molecule has 1 rings (SSSR count). The highest BCUT2D eigenvalue weighted by molar-refractivity contribution is 7.89. The number of primary sulfonamides is 1. The standard InChI is InChI=1S/C10H13FN2O2S/c1-7(2)6-13-10-4-3-8(5-9(10)11)16(12,14)15/h3-5,13H,1,6H2,2H3,(H2,12,14,15). The largest absolute Gasteiger partial charge is 0.379 e. The van der Waals surface area contributed by atoms with Crippen molar-refractivity contribution in [3.63, 3.8) is 0 Å². The quantitative estimate of drug-likeness (QED) is 0.788. The first kappa shape index (κ1) is 12.7. The van der Waals surface area contributed by atoms with E-state index >= 15 is 0 Å². The maximum Gasteiger partial charge on any atom is 0.238 e. The second kappa shape index (κ2) is 4.63. The third-order valence-electron chi connectivity index (χ3n) is 1.85. The number of rotatable bonds is 4. The minimum atomic E-state index is -3.86. The third-order valence-corrected chi connectivity index (χ3v) is 2.76. The molecular weight excluding hydrogens is 231 g/mol. The fraction of sp³-hybridized carbons (Fsp3) is 0.200. The molecule has 0 unspecified atom stereocenters. The van der Waals surface area contributed by atoms with Gasteiger partial charge in [-0.05, 0) is 25.1 Å². The van der Waals surface area contributed by atoms with Crippen LogP contribution in [0.25, 0.3) is 0 Å². The molecule has 0 aromatic heterocycles. The topological polar surface area (TPSA) is 72.2 Å². The van der Waals surface area contributed by atoms with Crippen molar-refractivity contribution in [3.8, 4) is 0 Å². The lowest BCUT2D eigenvalue weighted by Gasteiger charge is -2.08. The highest BCUT2D eigenvalue weighted by Crippen LogP contribution is 2.18. The Morgan fingerprint density at radius 3 is 2.62 bits per heavy atom. The molecule has 3 N–H and O–H groups in total. The zero-order valence-corrected chi connectivity index (χ0v) is 9.64. The van der Waals surface area contributed by atoms with Crippen molar-refractivity contribution >= 4 is 15.7 Å². The van der Waals surface area contributed by atoms with Gasteiger partial charge in [0, 0.05) is 6.54 Å². The molecule has 0 saturated carbocycles. The number of nitrogens with one attached hydrogen (secondary N) is 1. The predicted octanol–water partition coefficient (Wildman–Crippen LogP) is 1.46. The molecule has 0 radical (unpaired) electrons. The zero-order valence-electron chi connectivity index (χ0n) is 8.83. The molecule has 16 heavy (non-hydrogen) atoms. The average Bonchev–Trinajstić information content (AvgIpc) is 2.14. The summed E-state index contributed by atoms with van der Waals surface area (Å²) < 4.78 is 35.3. The van der Waals surface area contributed by atoms with Gasteiger partial charge in [-0.3, -0.25) is 0 Å². The van der Waals surface area contributed by atoms with Crippen LogP contribution in [0, 0.1) is 5.82 Å². The lowest BCUT2D eigenvalue weighted by Crippen LogP contribution is -2.13. The molecule has 0 aliphatic rings. The Morgan fingerprint density at radius 2 is 2.19 bits per heavy atom. The Labute approximate surface area is 94.0 Å². The van der Waals surface area contributed by atoms with Crippen LogP contribution >= 0.6 is 0 Å². The molecular formula is C10H13FN2O2S. The summed E-state index contributed by atoms with van der Waals surface area (Å²) >= 11 is 0. The molecule has 0 aliphatic carbocycles. The van der Waals surface area contributed by atoms with Crippen LogP contribution in [0.4, 0.5) is 10.1 Å². The van der Waals surface area contributed by atoms with Crippen molar-refractivity contribution in [1.29, 1.82) is 0 Å². The molecule has 0 atom stereocenters. The normalized spacial score (nSPS) is 11.2. The van der Waals surface area contributed by atoms with E-state index in [0.717, 1.165) is 11.6 Å². The number of sulfonamides is 1. The van der Waals surface area contributed by atoms with Crippen LogP contribution in [0.1, 0.15) is 6.92 Å². The van der Waals surface area contributed by atoms with Gasteiger partial charge in [0.05, 0.1) is 10.6 Å². The maximum absolute atomic E-state index is 13.4.